The number of nitriles is 1. The van der Waals surface area contributed by atoms with Crippen molar-refractivity contribution in [2.75, 3.05) is 47.5 Å². The third kappa shape index (κ3) is 7.17. The van der Waals surface area contributed by atoms with Crippen LogP contribution in [0.3, 0.4) is 0 Å². The van der Waals surface area contributed by atoms with Crippen molar-refractivity contribution in [1.29, 1.82) is 5.26 Å². The molecule has 2 saturated heterocycles. The Bertz CT molecular complexity index is 2160. The Hall–Kier alpha value is -4.37. The second kappa shape index (κ2) is 14.8. The molecule has 4 aliphatic rings. The van der Waals surface area contributed by atoms with E-state index in [9.17, 15) is 19.6 Å². The molecule has 3 aliphatic heterocycles. The topological polar surface area (TPSA) is 96.8 Å². The molecule has 4 aromatic carbocycles. The Kier molecular flexibility index (Phi) is 9.96. The van der Waals surface area contributed by atoms with Gasteiger partial charge in [0.25, 0.3) is 5.91 Å². The van der Waals surface area contributed by atoms with Crippen LogP contribution in [0.4, 0.5) is 15.8 Å². The van der Waals surface area contributed by atoms with Crippen molar-refractivity contribution < 1.29 is 18.8 Å². The van der Waals surface area contributed by atoms with E-state index in [1.807, 2.05) is 54.2 Å². The molecule has 11 heteroatoms. The first-order chi connectivity index (χ1) is 25.7. The molecular formula is C42H42FN5O3S2. The van der Waals surface area contributed by atoms with E-state index in [2.05, 4.69) is 33.3 Å². The summed E-state index contributed by atoms with van der Waals surface area (Å²) in [7, 11) is 0. The van der Waals surface area contributed by atoms with E-state index in [1.54, 1.807) is 12.1 Å². The van der Waals surface area contributed by atoms with Crippen molar-refractivity contribution >= 4 is 64.3 Å². The Labute approximate surface area is 319 Å². The van der Waals surface area contributed by atoms with Crippen molar-refractivity contribution in [3.8, 4) is 6.07 Å². The zero-order valence-corrected chi connectivity index (χ0v) is 31.3. The molecule has 3 fully saturated rings. The number of aryl methyl sites for hydroxylation is 1. The van der Waals surface area contributed by atoms with Gasteiger partial charge in [-0.15, -0.1) is 0 Å². The third-order valence-electron chi connectivity index (χ3n) is 11.4. The zero-order valence-electron chi connectivity index (χ0n) is 29.6. The highest BCUT2D eigenvalue weighted by molar-refractivity contribution is 8.00. The first-order valence-corrected chi connectivity index (χ1v) is 20.1. The van der Waals surface area contributed by atoms with Crippen LogP contribution < -0.4 is 15.1 Å². The van der Waals surface area contributed by atoms with Crippen molar-refractivity contribution in [2.45, 2.75) is 62.3 Å². The van der Waals surface area contributed by atoms with Gasteiger partial charge in [0.15, 0.2) is 0 Å². The molecular weight excluding hydrogens is 706 g/mol. The highest BCUT2D eigenvalue weighted by atomic mass is 32.2. The lowest BCUT2D eigenvalue weighted by atomic mass is 9.86. The van der Waals surface area contributed by atoms with Gasteiger partial charge in [0.2, 0.25) is 11.8 Å². The lowest BCUT2D eigenvalue weighted by molar-refractivity contribution is -0.134. The van der Waals surface area contributed by atoms with Crippen LogP contribution >= 0.6 is 24.4 Å². The number of nitrogens with one attached hydrogen (secondary N) is 1. The highest BCUT2D eigenvalue weighted by Crippen LogP contribution is 2.42. The lowest BCUT2D eigenvalue weighted by Crippen LogP contribution is -2.53. The Morgan fingerprint density at radius 3 is 2.51 bits per heavy atom. The van der Waals surface area contributed by atoms with Crippen LogP contribution in [-0.2, 0) is 29.0 Å². The summed E-state index contributed by atoms with van der Waals surface area (Å²) in [5.74, 6) is 0.745. The highest BCUT2D eigenvalue weighted by Gasteiger charge is 2.41. The molecule has 0 spiro atoms. The minimum Gasteiger partial charge on any atom is -0.369 e. The summed E-state index contributed by atoms with van der Waals surface area (Å²) in [6, 6.07) is 22.6. The number of nitrogens with zero attached hydrogens (tertiary/aromatic N) is 4. The first-order valence-electron chi connectivity index (χ1n) is 18.5. The number of benzene rings is 4. The minimum atomic E-state index is -0.750. The maximum absolute atomic E-state index is 15.7. The lowest BCUT2D eigenvalue weighted by Gasteiger charge is -2.37. The van der Waals surface area contributed by atoms with Crippen LogP contribution in [0.25, 0.3) is 10.8 Å². The molecule has 3 heterocycles. The van der Waals surface area contributed by atoms with Crippen molar-refractivity contribution in [2.24, 2.45) is 0 Å². The predicted octanol–water partition coefficient (Wildman–Crippen LogP) is 6.66. The second-order valence-electron chi connectivity index (χ2n) is 14.8. The van der Waals surface area contributed by atoms with Gasteiger partial charge in [0.05, 0.1) is 17.3 Å². The summed E-state index contributed by atoms with van der Waals surface area (Å²) < 4.78 is 15.9. The molecule has 1 N–H and O–H groups in total. The molecule has 0 aromatic heterocycles. The molecule has 1 saturated carbocycles. The average Bonchev–Trinajstić information content (AvgIpc) is 3.43. The summed E-state index contributed by atoms with van der Waals surface area (Å²) in [6.45, 7) is 4.09. The van der Waals surface area contributed by atoms with Gasteiger partial charge in [-0.2, -0.15) is 29.7 Å². The SMILES string of the molecule is N#Cc1ccc(N2CCN(Cc3ccc(Cc4ccc5c6c(cccc46)C(=O)N5[C@H]4CCC(=O)NC4=O)c(F)c3)CC2)cc1CCSCC1(S)CCC1. The molecule has 3 amide bonds. The maximum atomic E-state index is 15.7. The van der Waals surface area contributed by atoms with Crippen LogP contribution in [0.1, 0.15) is 70.3 Å². The van der Waals surface area contributed by atoms with Gasteiger partial charge in [-0.25, -0.2) is 4.39 Å². The standard InChI is InChI=1S/C42H42FN5O3S2/c43-35-21-27(25-46-16-18-47(19-17-46)32-9-7-31(24-44)28(23-32)13-20-53-26-42(52)14-2-15-42)5-6-30(35)22-29-8-10-36-39-33(29)3-1-4-34(39)41(51)48(36)37-11-12-38(49)45-40(37)50/h1,3-10,21,23,37,52H,2,11-20,22,25-26H2,(H,45,49,50)/t37-/m0/s1. The summed E-state index contributed by atoms with van der Waals surface area (Å²) in [6.07, 6.45) is 5.36. The van der Waals surface area contributed by atoms with Gasteiger partial charge in [0, 0.05) is 72.7 Å². The number of carbonyl (C=O) groups excluding carboxylic acids is 3. The predicted molar refractivity (Wildman–Crippen MR) is 211 cm³/mol. The van der Waals surface area contributed by atoms with E-state index in [0.717, 1.165) is 82.8 Å². The van der Waals surface area contributed by atoms with Crippen molar-refractivity contribution in [1.82, 2.24) is 10.2 Å². The van der Waals surface area contributed by atoms with Crippen molar-refractivity contribution in [3.05, 3.63) is 106 Å². The number of halogens is 1. The summed E-state index contributed by atoms with van der Waals surface area (Å²) in [5.41, 5.74) is 6.58. The van der Waals surface area contributed by atoms with Crippen LogP contribution in [0.5, 0.6) is 0 Å². The first kappa shape index (κ1) is 35.6. The minimum absolute atomic E-state index is 0.181. The largest absolute Gasteiger partial charge is 0.369 e. The fraction of sp³-hybridized carbons (Fsp3) is 0.381. The van der Waals surface area contributed by atoms with E-state index in [-0.39, 0.29) is 35.2 Å². The number of imide groups is 1. The van der Waals surface area contributed by atoms with Crippen LogP contribution in [-0.4, -0.2) is 71.1 Å². The number of rotatable bonds is 11. The van der Waals surface area contributed by atoms with E-state index in [1.165, 1.54) is 24.2 Å². The molecule has 1 aliphatic carbocycles. The van der Waals surface area contributed by atoms with Gasteiger partial charge in [0.1, 0.15) is 11.9 Å². The summed E-state index contributed by atoms with van der Waals surface area (Å²) >= 11 is 6.77. The third-order valence-corrected chi connectivity index (χ3v) is 13.4. The molecule has 0 unspecified atom stereocenters. The number of piperidine rings is 1. The number of amides is 3. The monoisotopic (exact) mass is 747 g/mol. The quantitative estimate of drug-likeness (QED) is 0.101. The smallest absolute Gasteiger partial charge is 0.259 e. The molecule has 8 rings (SSSR count). The number of thioether (sulfide) groups is 1. The van der Waals surface area contributed by atoms with E-state index >= 15 is 4.39 Å². The molecule has 0 radical (unpaired) electrons. The molecule has 8 nitrogen and oxygen atoms in total. The second-order valence-corrected chi connectivity index (χ2v) is 16.9. The van der Waals surface area contributed by atoms with Gasteiger partial charge in [-0.05, 0) is 95.5 Å². The van der Waals surface area contributed by atoms with Crippen LogP contribution in [0, 0.1) is 17.1 Å². The molecule has 0 bridgehead atoms. The number of hydrogen-bond donors (Lipinski definition) is 2. The van der Waals surface area contributed by atoms with Gasteiger partial charge < -0.3 is 4.90 Å². The number of piperazine rings is 1. The average molecular weight is 748 g/mol. The van der Waals surface area contributed by atoms with E-state index < -0.39 is 11.9 Å². The molecule has 4 aromatic rings. The van der Waals surface area contributed by atoms with Crippen LogP contribution in [0.15, 0.2) is 66.7 Å². The molecule has 272 valence electrons. The number of carbonyl (C=O) groups is 3. The van der Waals surface area contributed by atoms with Gasteiger partial charge in [-0.3, -0.25) is 29.5 Å². The van der Waals surface area contributed by atoms with Crippen LogP contribution in [0.2, 0.25) is 0 Å². The maximum Gasteiger partial charge on any atom is 0.259 e. The number of thiol groups is 1. The van der Waals surface area contributed by atoms with E-state index in [0.29, 0.717) is 29.8 Å². The van der Waals surface area contributed by atoms with Gasteiger partial charge >= 0.3 is 0 Å². The summed E-state index contributed by atoms with van der Waals surface area (Å²) in [4.78, 5) is 44.2. The molecule has 53 heavy (non-hydrogen) atoms. The number of hydrogen-bond acceptors (Lipinski definition) is 8. The van der Waals surface area contributed by atoms with Crippen molar-refractivity contribution in [3.63, 3.8) is 0 Å². The number of anilines is 2. The fourth-order valence-corrected chi connectivity index (χ4v) is 9.95. The summed E-state index contributed by atoms with van der Waals surface area (Å²) in [5, 5.41) is 13.7. The molecule has 1 atom stereocenters. The zero-order chi connectivity index (χ0) is 36.7. The van der Waals surface area contributed by atoms with Gasteiger partial charge in [-0.1, -0.05) is 36.8 Å². The Morgan fingerprint density at radius 1 is 0.962 bits per heavy atom. The normalized spacial score (nSPS) is 19.7. The fourth-order valence-electron chi connectivity index (χ4n) is 8.19. The van der Waals surface area contributed by atoms with E-state index in [4.69, 9.17) is 12.6 Å². The Morgan fingerprint density at radius 2 is 1.77 bits per heavy atom. The Balaban J connectivity index is 0.894.